The summed E-state index contributed by atoms with van der Waals surface area (Å²) in [6, 6.07) is 0. The van der Waals surface area contributed by atoms with E-state index in [9.17, 15) is 14.4 Å². The van der Waals surface area contributed by atoms with Crippen LogP contribution in [0.15, 0.2) is 11.3 Å². The predicted octanol–water partition coefficient (Wildman–Crippen LogP) is -0.478. The average molecular weight is 183 g/mol. The minimum absolute atomic E-state index is 0.0959. The molecule has 1 aliphatic heterocycles. The van der Waals surface area contributed by atoms with Gasteiger partial charge in [0.1, 0.15) is 11.3 Å². The number of aldehydes is 1. The van der Waals surface area contributed by atoms with Crippen molar-refractivity contribution in [1.29, 1.82) is 0 Å². The van der Waals surface area contributed by atoms with Crippen LogP contribution in [-0.2, 0) is 19.1 Å². The lowest BCUT2D eigenvalue weighted by atomic mass is 10.1. The number of carbonyl (C=O) groups excluding carboxylic acids is 3. The summed E-state index contributed by atoms with van der Waals surface area (Å²) in [7, 11) is 0. The Labute approximate surface area is 74.7 Å². The number of esters is 1. The summed E-state index contributed by atoms with van der Waals surface area (Å²) in [5.74, 6) is -0.854. The second kappa shape index (κ2) is 3.84. The highest BCUT2D eigenvalue weighted by molar-refractivity contribution is 6.11. The molecule has 0 radical (unpaired) electrons. The molecule has 1 rings (SSSR count). The van der Waals surface area contributed by atoms with Crippen LogP contribution in [0.2, 0.25) is 0 Å². The Hall–Kier alpha value is -1.65. The maximum Gasteiger partial charge on any atom is 0.307 e. The summed E-state index contributed by atoms with van der Waals surface area (Å²) in [4.78, 5) is 32.1. The zero-order valence-electron chi connectivity index (χ0n) is 7.12. The summed E-state index contributed by atoms with van der Waals surface area (Å²) in [6.07, 6.45) is 0.770. The van der Waals surface area contributed by atoms with E-state index < -0.39 is 11.9 Å². The van der Waals surface area contributed by atoms with Crippen LogP contribution in [0.4, 0.5) is 0 Å². The maximum atomic E-state index is 11.0. The van der Waals surface area contributed by atoms with E-state index in [4.69, 9.17) is 4.74 Å². The van der Waals surface area contributed by atoms with Gasteiger partial charge in [-0.2, -0.15) is 0 Å². The number of ether oxygens (including phenoxy) is 1. The summed E-state index contributed by atoms with van der Waals surface area (Å²) >= 11 is 0. The molecule has 5 heteroatoms. The van der Waals surface area contributed by atoms with Crippen molar-refractivity contribution in [2.45, 2.75) is 13.3 Å². The van der Waals surface area contributed by atoms with Crippen LogP contribution in [-0.4, -0.2) is 24.7 Å². The Morgan fingerprint density at radius 3 is 2.85 bits per heavy atom. The first-order chi connectivity index (χ1) is 6.15. The van der Waals surface area contributed by atoms with Crippen molar-refractivity contribution >= 4 is 18.2 Å². The maximum absolute atomic E-state index is 11.0. The van der Waals surface area contributed by atoms with Crippen molar-refractivity contribution in [3.8, 4) is 0 Å². The third-order valence-electron chi connectivity index (χ3n) is 1.57. The largest absolute Gasteiger partial charge is 0.430 e. The summed E-state index contributed by atoms with van der Waals surface area (Å²) in [6.45, 7) is 1.61. The first kappa shape index (κ1) is 9.44. The second-order valence-electron chi connectivity index (χ2n) is 2.55. The summed E-state index contributed by atoms with van der Waals surface area (Å²) in [5, 5.41) is 2.47. The van der Waals surface area contributed by atoms with E-state index in [2.05, 4.69) is 5.32 Å². The smallest absolute Gasteiger partial charge is 0.307 e. The molecule has 1 aliphatic rings. The van der Waals surface area contributed by atoms with Gasteiger partial charge in [0.05, 0.1) is 0 Å². The molecule has 0 aromatic carbocycles. The lowest BCUT2D eigenvalue weighted by Crippen LogP contribution is -2.33. The fraction of sp³-hybridized carbons (Fsp3) is 0.375. The van der Waals surface area contributed by atoms with Crippen LogP contribution < -0.4 is 5.32 Å². The van der Waals surface area contributed by atoms with Gasteiger partial charge in [0.2, 0.25) is 0 Å². The van der Waals surface area contributed by atoms with Crippen molar-refractivity contribution in [1.82, 2.24) is 5.32 Å². The molecule has 0 atom stereocenters. The molecule has 0 saturated carbocycles. The number of hydrogen-bond donors (Lipinski definition) is 1. The van der Waals surface area contributed by atoms with E-state index in [0.29, 0.717) is 19.3 Å². The van der Waals surface area contributed by atoms with Crippen LogP contribution >= 0.6 is 0 Å². The quantitative estimate of drug-likeness (QED) is 0.356. The Morgan fingerprint density at radius 1 is 1.62 bits per heavy atom. The van der Waals surface area contributed by atoms with Crippen LogP contribution in [0.3, 0.4) is 0 Å². The minimum atomic E-state index is -0.524. The molecule has 0 spiro atoms. The van der Waals surface area contributed by atoms with Crippen molar-refractivity contribution in [2.75, 3.05) is 6.54 Å². The fourth-order valence-corrected chi connectivity index (χ4v) is 1.04. The molecule has 13 heavy (non-hydrogen) atoms. The standard InChI is InChI=1S/C8H9NO4/c1-5(11)13-7-2-3-9-8(12)6(7)4-10/h4H,2-3H2,1H3,(H,9,12). The number of rotatable bonds is 2. The zero-order chi connectivity index (χ0) is 9.84. The monoisotopic (exact) mass is 183 g/mol. The van der Waals surface area contributed by atoms with Crippen LogP contribution in [0.5, 0.6) is 0 Å². The van der Waals surface area contributed by atoms with Gasteiger partial charge in [-0.1, -0.05) is 0 Å². The average Bonchev–Trinajstić information content (AvgIpc) is 2.03. The van der Waals surface area contributed by atoms with Gasteiger partial charge in [0.15, 0.2) is 6.29 Å². The number of nitrogens with one attached hydrogen (secondary N) is 1. The molecule has 1 heterocycles. The second-order valence-corrected chi connectivity index (χ2v) is 2.55. The van der Waals surface area contributed by atoms with Gasteiger partial charge >= 0.3 is 5.97 Å². The highest BCUT2D eigenvalue weighted by atomic mass is 16.5. The molecular weight excluding hydrogens is 174 g/mol. The van der Waals surface area contributed by atoms with Gasteiger partial charge in [-0.15, -0.1) is 0 Å². The van der Waals surface area contributed by atoms with E-state index in [1.54, 1.807) is 0 Å². The van der Waals surface area contributed by atoms with Gasteiger partial charge in [-0.05, 0) is 0 Å². The van der Waals surface area contributed by atoms with Crippen LogP contribution in [0.25, 0.3) is 0 Å². The van der Waals surface area contributed by atoms with Gasteiger partial charge in [0, 0.05) is 19.9 Å². The van der Waals surface area contributed by atoms with E-state index in [0.717, 1.165) is 0 Å². The Morgan fingerprint density at radius 2 is 2.31 bits per heavy atom. The Balaban J connectivity index is 2.92. The molecule has 0 aliphatic carbocycles. The fourth-order valence-electron chi connectivity index (χ4n) is 1.04. The molecule has 0 aromatic heterocycles. The minimum Gasteiger partial charge on any atom is -0.430 e. The van der Waals surface area contributed by atoms with Crippen molar-refractivity contribution in [2.24, 2.45) is 0 Å². The Bertz CT molecular complexity index is 293. The Kier molecular flexibility index (Phi) is 2.79. The summed E-state index contributed by atoms with van der Waals surface area (Å²) < 4.78 is 4.71. The third kappa shape index (κ3) is 2.14. The number of carbonyl (C=O) groups is 3. The van der Waals surface area contributed by atoms with Gasteiger partial charge in [-0.3, -0.25) is 14.4 Å². The van der Waals surface area contributed by atoms with Gasteiger partial charge < -0.3 is 10.1 Å². The molecule has 0 fully saturated rings. The number of amides is 1. The predicted molar refractivity (Wildman–Crippen MR) is 42.5 cm³/mol. The molecule has 0 saturated heterocycles. The molecule has 70 valence electrons. The highest BCUT2D eigenvalue weighted by Crippen LogP contribution is 2.13. The van der Waals surface area contributed by atoms with Crippen molar-refractivity contribution < 1.29 is 19.1 Å². The lowest BCUT2D eigenvalue weighted by molar-refractivity contribution is -0.137. The van der Waals surface area contributed by atoms with Gasteiger partial charge in [-0.25, -0.2) is 0 Å². The van der Waals surface area contributed by atoms with Crippen LogP contribution in [0, 0.1) is 0 Å². The first-order valence-corrected chi connectivity index (χ1v) is 3.80. The summed E-state index contributed by atoms with van der Waals surface area (Å²) in [5.41, 5.74) is -0.0959. The SMILES string of the molecule is CC(=O)OC1=C(C=O)C(=O)NCC1. The molecular formula is C8H9NO4. The molecule has 0 unspecified atom stereocenters. The zero-order valence-corrected chi connectivity index (χ0v) is 7.12. The lowest BCUT2D eigenvalue weighted by Gasteiger charge is -2.15. The van der Waals surface area contributed by atoms with Crippen LogP contribution in [0.1, 0.15) is 13.3 Å². The van der Waals surface area contributed by atoms with Crippen molar-refractivity contribution in [3.63, 3.8) is 0 Å². The molecule has 1 N–H and O–H groups in total. The number of hydrogen-bond acceptors (Lipinski definition) is 4. The van der Waals surface area contributed by atoms with E-state index in [-0.39, 0.29) is 11.3 Å². The molecule has 0 aromatic rings. The topological polar surface area (TPSA) is 72.5 Å². The molecule has 0 bridgehead atoms. The van der Waals surface area contributed by atoms with E-state index >= 15 is 0 Å². The first-order valence-electron chi connectivity index (χ1n) is 3.80. The van der Waals surface area contributed by atoms with E-state index in [1.165, 1.54) is 6.92 Å². The van der Waals surface area contributed by atoms with Crippen molar-refractivity contribution in [3.05, 3.63) is 11.3 Å². The highest BCUT2D eigenvalue weighted by Gasteiger charge is 2.21. The van der Waals surface area contributed by atoms with Gasteiger partial charge in [0.25, 0.3) is 5.91 Å². The van der Waals surface area contributed by atoms with E-state index in [1.807, 2.05) is 0 Å². The molecule has 1 amide bonds. The normalized spacial score (nSPS) is 16.5. The molecule has 5 nitrogen and oxygen atoms in total. The third-order valence-corrected chi connectivity index (χ3v) is 1.57.